The molecule has 0 aromatic carbocycles. The van der Waals surface area contributed by atoms with Crippen molar-refractivity contribution in [3.8, 4) is 11.5 Å². The number of hydrogen-bond donors (Lipinski definition) is 2. The Morgan fingerprint density at radius 2 is 2.03 bits per heavy atom. The molecule has 2 atom stereocenters. The molecule has 11 nitrogen and oxygen atoms in total. The van der Waals surface area contributed by atoms with E-state index in [0.717, 1.165) is 6.92 Å². The molecule has 5 heterocycles. The smallest absolute Gasteiger partial charge is 0.408 e. The van der Waals surface area contributed by atoms with E-state index in [1.165, 1.54) is 29.6 Å². The van der Waals surface area contributed by atoms with Crippen molar-refractivity contribution >= 4 is 29.3 Å². The van der Waals surface area contributed by atoms with E-state index in [2.05, 4.69) is 25.3 Å². The lowest BCUT2D eigenvalue weighted by Gasteiger charge is -2.35. The predicted octanol–water partition coefficient (Wildman–Crippen LogP) is 3.15. The summed E-state index contributed by atoms with van der Waals surface area (Å²) in [4.78, 5) is 45.8. The zero-order chi connectivity index (χ0) is 25.6. The topological polar surface area (TPSA) is 129 Å². The number of amides is 3. The molecule has 2 aliphatic rings. The lowest BCUT2D eigenvalue weighted by Crippen LogP contribution is -2.49. The largest absolute Gasteiger partial charge is 0.439 e. The minimum Gasteiger partial charge on any atom is -0.439 e. The highest BCUT2D eigenvalue weighted by Gasteiger charge is 2.41. The summed E-state index contributed by atoms with van der Waals surface area (Å²) in [5, 5.41) is 4.62. The van der Waals surface area contributed by atoms with Crippen molar-refractivity contribution in [3.05, 3.63) is 42.3 Å². The summed E-state index contributed by atoms with van der Waals surface area (Å²) in [5.41, 5.74) is 0.804. The standard InChI is InChI=1S/C22H21F3N8O3/c1-11(22(23,24)25)29-20(34)14-3-4-16-19(30-14)33(13-5-6-32(16)9-13)21(35)31-18-7-15(27-10-28-18)17-8-26-12(2)36-17/h3-4,7-8,10-11,13H,5-6,9H2,1-2H3,(H,29,34)(H,27,28,31,35)/t11-,13?/m1/s1. The van der Waals surface area contributed by atoms with Gasteiger partial charge in [-0.2, -0.15) is 13.2 Å². The Hall–Kier alpha value is -4.23. The molecule has 1 fully saturated rings. The Morgan fingerprint density at radius 3 is 2.75 bits per heavy atom. The molecule has 3 aromatic rings. The molecule has 3 aromatic heterocycles. The van der Waals surface area contributed by atoms with Gasteiger partial charge in [0, 0.05) is 26.1 Å². The summed E-state index contributed by atoms with van der Waals surface area (Å²) in [6, 6.07) is 1.63. The van der Waals surface area contributed by atoms with Gasteiger partial charge in [0.2, 0.25) is 0 Å². The molecule has 0 spiro atoms. The molecule has 3 amide bonds. The Kier molecular flexibility index (Phi) is 5.73. The number of fused-ring (bicyclic) bond motifs is 4. The number of halogens is 3. The number of pyridine rings is 1. The second kappa shape index (κ2) is 8.77. The third-order valence-corrected chi connectivity index (χ3v) is 6.02. The number of anilines is 3. The van der Waals surface area contributed by atoms with Gasteiger partial charge >= 0.3 is 12.2 Å². The predicted molar refractivity (Wildman–Crippen MR) is 122 cm³/mol. The fourth-order valence-corrected chi connectivity index (χ4v) is 4.16. The van der Waals surface area contributed by atoms with Crippen molar-refractivity contribution in [2.24, 2.45) is 0 Å². The van der Waals surface area contributed by atoms with E-state index in [4.69, 9.17) is 4.42 Å². The third kappa shape index (κ3) is 4.41. The summed E-state index contributed by atoms with van der Waals surface area (Å²) in [5.74, 6) is 0.271. The number of aryl methyl sites for hydroxylation is 1. The molecule has 2 bridgehead atoms. The zero-order valence-corrected chi connectivity index (χ0v) is 19.2. The van der Waals surface area contributed by atoms with Crippen molar-refractivity contribution in [1.29, 1.82) is 0 Å². The molecular weight excluding hydrogens is 481 g/mol. The Bertz CT molecular complexity index is 1330. The van der Waals surface area contributed by atoms with Crippen LogP contribution in [-0.4, -0.2) is 63.2 Å². The second-order valence-corrected chi connectivity index (χ2v) is 8.50. The average molecular weight is 502 g/mol. The maximum Gasteiger partial charge on any atom is 0.408 e. The van der Waals surface area contributed by atoms with Crippen LogP contribution in [0.2, 0.25) is 0 Å². The average Bonchev–Trinajstić information content (AvgIpc) is 3.45. The van der Waals surface area contributed by atoms with Crippen molar-refractivity contribution in [2.45, 2.75) is 38.5 Å². The zero-order valence-electron chi connectivity index (χ0n) is 19.2. The fraction of sp³-hybridized carbons (Fsp3) is 0.364. The Morgan fingerprint density at radius 1 is 1.22 bits per heavy atom. The van der Waals surface area contributed by atoms with Gasteiger partial charge in [0.05, 0.1) is 17.9 Å². The first kappa shape index (κ1) is 23.5. The van der Waals surface area contributed by atoms with Crippen molar-refractivity contribution in [1.82, 2.24) is 25.3 Å². The van der Waals surface area contributed by atoms with Gasteiger partial charge in [-0.25, -0.2) is 24.7 Å². The van der Waals surface area contributed by atoms with Gasteiger partial charge in [0.15, 0.2) is 17.5 Å². The van der Waals surface area contributed by atoms with Gasteiger partial charge in [-0.05, 0) is 25.5 Å². The number of aromatic nitrogens is 4. The first-order valence-corrected chi connectivity index (χ1v) is 11.1. The minimum atomic E-state index is -4.60. The van der Waals surface area contributed by atoms with Crippen LogP contribution in [0.15, 0.2) is 35.1 Å². The van der Waals surface area contributed by atoms with Crippen molar-refractivity contribution in [3.63, 3.8) is 0 Å². The number of alkyl halides is 3. The summed E-state index contributed by atoms with van der Waals surface area (Å²) in [7, 11) is 0. The number of oxazole rings is 1. The lowest BCUT2D eigenvalue weighted by atomic mass is 10.1. The highest BCUT2D eigenvalue weighted by molar-refractivity contribution is 6.05. The Balaban J connectivity index is 1.41. The number of nitrogens with one attached hydrogen (secondary N) is 2. The molecule has 188 valence electrons. The summed E-state index contributed by atoms with van der Waals surface area (Å²) in [6.07, 6.45) is -1.16. The number of hydrogen-bond acceptors (Lipinski definition) is 8. The van der Waals surface area contributed by atoms with E-state index in [9.17, 15) is 22.8 Å². The van der Waals surface area contributed by atoms with E-state index in [-0.39, 0.29) is 23.4 Å². The van der Waals surface area contributed by atoms with Crippen LogP contribution in [0.4, 0.5) is 35.3 Å². The van der Waals surface area contributed by atoms with Crippen molar-refractivity contribution < 1.29 is 27.2 Å². The molecule has 0 saturated carbocycles. The van der Waals surface area contributed by atoms with Crippen LogP contribution in [-0.2, 0) is 0 Å². The first-order valence-electron chi connectivity index (χ1n) is 11.1. The highest BCUT2D eigenvalue weighted by Crippen LogP contribution is 2.39. The molecule has 14 heteroatoms. The van der Waals surface area contributed by atoms with E-state index in [0.29, 0.717) is 42.5 Å². The van der Waals surface area contributed by atoms with Gasteiger partial charge in [-0.15, -0.1) is 0 Å². The molecular formula is C22H21F3N8O3. The second-order valence-electron chi connectivity index (χ2n) is 8.50. The van der Waals surface area contributed by atoms with Gasteiger partial charge in [-0.1, -0.05) is 0 Å². The molecule has 2 aliphatic heterocycles. The highest BCUT2D eigenvalue weighted by atomic mass is 19.4. The lowest BCUT2D eigenvalue weighted by molar-refractivity contribution is -0.149. The van der Waals surface area contributed by atoms with Gasteiger partial charge < -0.3 is 14.6 Å². The number of carbonyl (C=O) groups is 2. The SMILES string of the molecule is Cc1ncc(-c2cc(NC(=O)N3c4nc(C(=O)N[C@H](C)C(F)(F)F)ccc4N4CCC3C4)ncn2)o1. The van der Waals surface area contributed by atoms with Crippen LogP contribution in [0.1, 0.15) is 29.7 Å². The maximum absolute atomic E-state index is 13.4. The third-order valence-electron chi connectivity index (χ3n) is 6.02. The molecule has 36 heavy (non-hydrogen) atoms. The fourth-order valence-electron chi connectivity index (χ4n) is 4.16. The number of urea groups is 1. The van der Waals surface area contributed by atoms with Crippen molar-refractivity contribution in [2.75, 3.05) is 28.2 Å². The van der Waals surface area contributed by atoms with Crippen LogP contribution in [0.25, 0.3) is 11.5 Å². The monoisotopic (exact) mass is 502 g/mol. The van der Waals surface area contributed by atoms with E-state index >= 15 is 0 Å². The van der Waals surface area contributed by atoms with E-state index in [1.807, 2.05) is 10.2 Å². The molecule has 5 rings (SSSR count). The molecule has 2 N–H and O–H groups in total. The molecule has 0 radical (unpaired) electrons. The number of rotatable bonds is 4. The molecule has 0 aliphatic carbocycles. The minimum absolute atomic E-state index is 0.189. The number of carbonyl (C=O) groups excluding carboxylic acids is 2. The molecule has 1 saturated heterocycles. The summed E-state index contributed by atoms with van der Waals surface area (Å²) < 4.78 is 44.2. The quantitative estimate of drug-likeness (QED) is 0.557. The summed E-state index contributed by atoms with van der Waals surface area (Å²) in [6.45, 7) is 3.77. The molecule has 1 unspecified atom stereocenters. The number of nitrogens with zero attached hydrogens (tertiary/aromatic N) is 6. The van der Waals surface area contributed by atoms with E-state index in [1.54, 1.807) is 13.0 Å². The van der Waals surface area contributed by atoms with Crippen LogP contribution in [0, 0.1) is 6.92 Å². The van der Waals surface area contributed by atoms with E-state index < -0.39 is 24.2 Å². The van der Waals surface area contributed by atoms with Crippen LogP contribution < -0.4 is 20.4 Å². The first-order chi connectivity index (χ1) is 17.1. The summed E-state index contributed by atoms with van der Waals surface area (Å²) >= 11 is 0. The van der Waals surface area contributed by atoms with Gasteiger partial charge in [-0.3, -0.25) is 15.0 Å². The maximum atomic E-state index is 13.4. The van der Waals surface area contributed by atoms with Gasteiger partial charge in [0.25, 0.3) is 5.91 Å². The van der Waals surface area contributed by atoms with Crippen LogP contribution in [0.3, 0.4) is 0 Å². The van der Waals surface area contributed by atoms with Crippen LogP contribution >= 0.6 is 0 Å². The Labute approximate surface area is 202 Å². The van der Waals surface area contributed by atoms with Crippen LogP contribution in [0.5, 0.6) is 0 Å². The van der Waals surface area contributed by atoms with Gasteiger partial charge in [0.1, 0.15) is 29.6 Å². The normalized spacial score (nSPS) is 17.5.